The van der Waals surface area contributed by atoms with Crippen LogP contribution >= 0.6 is 11.5 Å². The number of nitrogens with zero attached hydrogens (tertiary/aromatic N) is 2. The summed E-state index contributed by atoms with van der Waals surface area (Å²) < 4.78 is 8.91. The zero-order valence-corrected chi connectivity index (χ0v) is 12.1. The third-order valence-corrected chi connectivity index (χ3v) is 3.36. The van der Waals surface area contributed by atoms with E-state index < -0.39 is 5.91 Å². The summed E-state index contributed by atoms with van der Waals surface area (Å²) in [4.78, 5) is 23.2. The van der Waals surface area contributed by atoms with Crippen LogP contribution in [0, 0.1) is 0 Å². The molecule has 0 fully saturated rings. The number of benzene rings is 1. The van der Waals surface area contributed by atoms with E-state index in [0.29, 0.717) is 28.4 Å². The normalized spacial score (nSPS) is 10.1. The average molecular weight is 306 g/mol. The second-order valence-corrected chi connectivity index (χ2v) is 4.89. The SMILES string of the molecule is CCc1nnsc1C(=O)Nc1ccc(OCC(N)=O)cc1. The van der Waals surface area contributed by atoms with Crippen molar-refractivity contribution in [2.24, 2.45) is 5.73 Å². The number of nitrogens with one attached hydrogen (secondary N) is 1. The van der Waals surface area contributed by atoms with Gasteiger partial charge in [-0.05, 0) is 42.2 Å². The van der Waals surface area contributed by atoms with Gasteiger partial charge in [-0.25, -0.2) is 0 Å². The largest absolute Gasteiger partial charge is 0.484 e. The maximum Gasteiger partial charge on any atom is 0.269 e. The summed E-state index contributed by atoms with van der Waals surface area (Å²) in [5.41, 5.74) is 6.28. The lowest BCUT2D eigenvalue weighted by Crippen LogP contribution is -2.20. The number of carbonyl (C=O) groups excluding carboxylic acids is 2. The first-order chi connectivity index (χ1) is 10.1. The van der Waals surface area contributed by atoms with Crippen LogP contribution in [0.5, 0.6) is 5.75 Å². The number of anilines is 1. The number of aromatic nitrogens is 2. The number of amides is 2. The molecule has 110 valence electrons. The predicted molar refractivity (Wildman–Crippen MR) is 78.4 cm³/mol. The molecule has 2 rings (SSSR count). The minimum Gasteiger partial charge on any atom is -0.484 e. The second kappa shape index (κ2) is 6.80. The van der Waals surface area contributed by atoms with Gasteiger partial charge in [0.1, 0.15) is 10.6 Å². The summed E-state index contributed by atoms with van der Waals surface area (Å²) >= 11 is 1.07. The van der Waals surface area contributed by atoms with Crippen LogP contribution in [-0.4, -0.2) is 28.0 Å². The number of primary amides is 1. The summed E-state index contributed by atoms with van der Waals surface area (Å²) in [6.45, 7) is 1.73. The molecule has 2 amide bonds. The highest BCUT2D eigenvalue weighted by atomic mass is 32.1. The van der Waals surface area contributed by atoms with Gasteiger partial charge in [0.05, 0.1) is 5.69 Å². The fraction of sp³-hybridized carbons (Fsp3) is 0.231. The highest BCUT2D eigenvalue weighted by Gasteiger charge is 2.15. The Morgan fingerprint density at radius 2 is 2.05 bits per heavy atom. The Morgan fingerprint density at radius 1 is 1.33 bits per heavy atom. The van der Waals surface area contributed by atoms with E-state index in [1.807, 2.05) is 6.92 Å². The molecule has 0 saturated carbocycles. The summed E-state index contributed by atoms with van der Waals surface area (Å²) in [7, 11) is 0. The highest BCUT2D eigenvalue weighted by molar-refractivity contribution is 7.08. The quantitative estimate of drug-likeness (QED) is 0.834. The van der Waals surface area contributed by atoms with E-state index in [1.165, 1.54) is 0 Å². The highest BCUT2D eigenvalue weighted by Crippen LogP contribution is 2.18. The smallest absolute Gasteiger partial charge is 0.269 e. The fourth-order valence-electron chi connectivity index (χ4n) is 1.59. The van der Waals surface area contributed by atoms with Crippen molar-refractivity contribution in [1.29, 1.82) is 0 Å². The van der Waals surface area contributed by atoms with Crippen LogP contribution in [0.2, 0.25) is 0 Å². The summed E-state index contributed by atoms with van der Waals surface area (Å²) in [5, 5.41) is 6.65. The number of rotatable bonds is 6. The first kappa shape index (κ1) is 14.9. The van der Waals surface area contributed by atoms with Gasteiger partial charge in [-0.2, -0.15) is 0 Å². The van der Waals surface area contributed by atoms with Crippen LogP contribution < -0.4 is 15.8 Å². The molecule has 1 aromatic carbocycles. The maximum atomic E-state index is 12.1. The first-order valence-corrected chi connectivity index (χ1v) is 7.01. The molecule has 0 radical (unpaired) electrons. The molecule has 0 atom stereocenters. The molecule has 2 aromatic rings. The van der Waals surface area contributed by atoms with Gasteiger partial charge in [-0.1, -0.05) is 11.4 Å². The van der Waals surface area contributed by atoms with Crippen molar-refractivity contribution < 1.29 is 14.3 Å². The molecular weight excluding hydrogens is 292 g/mol. The summed E-state index contributed by atoms with van der Waals surface area (Å²) in [6.07, 6.45) is 0.652. The molecule has 21 heavy (non-hydrogen) atoms. The standard InChI is InChI=1S/C13H14N4O3S/c1-2-10-12(21-17-16-10)13(19)15-8-3-5-9(6-4-8)20-7-11(14)18/h3-6H,2,7H2,1H3,(H2,14,18)(H,15,19). The first-order valence-electron chi connectivity index (χ1n) is 6.24. The van der Waals surface area contributed by atoms with E-state index in [2.05, 4.69) is 14.9 Å². The lowest BCUT2D eigenvalue weighted by molar-refractivity contribution is -0.119. The number of ether oxygens (including phenoxy) is 1. The monoisotopic (exact) mass is 306 g/mol. The van der Waals surface area contributed by atoms with Crippen molar-refractivity contribution in [3.05, 3.63) is 34.8 Å². The van der Waals surface area contributed by atoms with Crippen LogP contribution in [0.4, 0.5) is 5.69 Å². The third kappa shape index (κ3) is 3.99. The van der Waals surface area contributed by atoms with Gasteiger partial charge in [0.25, 0.3) is 11.8 Å². The molecule has 0 aliphatic heterocycles. The van der Waals surface area contributed by atoms with Crippen molar-refractivity contribution in [1.82, 2.24) is 9.59 Å². The Morgan fingerprint density at radius 3 is 2.67 bits per heavy atom. The Balaban J connectivity index is 2.00. The maximum absolute atomic E-state index is 12.1. The minimum atomic E-state index is -0.544. The van der Waals surface area contributed by atoms with Gasteiger partial charge in [-0.3, -0.25) is 9.59 Å². The molecule has 7 nitrogen and oxygen atoms in total. The summed E-state index contributed by atoms with van der Waals surface area (Å²) in [5.74, 6) is -0.287. The Labute approximate surface area is 125 Å². The van der Waals surface area contributed by atoms with Gasteiger partial charge in [0.2, 0.25) is 0 Å². The number of nitrogens with two attached hydrogens (primary N) is 1. The van der Waals surface area contributed by atoms with Gasteiger partial charge >= 0.3 is 0 Å². The number of hydrogen-bond acceptors (Lipinski definition) is 6. The fourth-order valence-corrected chi connectivity index (χ4v) is 2.23. The van der Waals surface area contributed by atoms with Crippen LogP contribution in [0.3, 0.4) is 0 Å². The number of hydrogen-bond donors (Lipinski definition) is 2. The zero-order chi connectivity index (χ0) is 15.2. The van der Waals surface area contributed by atoms with Gasteiger partial charge in [0, 0.05) is 5.69 Å². The molecule has 0 aliphatic carbocycles. The Hall–Kier alpha value is -2.48. The van der Waals surface area contributed by atoms with Gasteiger partial charge in [-0.15, -0.1) is 5.10 Å². The molecule has 0 unspecified atom stereocenters. The lowest BCUT2D eigenvalue weighted by Gasteiger charge is -2.06. The van der Waals surface area contributed by atoms with Crippen molar-refractivity contribution in [2.75, 3.05) is 11.9 Å². The lowest BCUT2D eigenvalue weighted by atomic mass is 10.2. The van der Waals surface area contributed by atoms with Crippen LogP contribution in [0.1, 0.15) is 22.3 Å². The molecule has 0 aliphatic rings. The van der Waals surface area contributed by atoms with Crippen LogP contribution in [0.25, 0.3) is 0 Å². The van der Waals surface area contributed by atoms with E-state index in [0.717, 1.165) is 11.5 Å². The van der Waals surface area contributed by atoms with Gasteiger partial charge < -0.3 is 15.8 Å². The van der Waals surface area contributed by atoms with Crippen molar-refractivity contribution in [3.8, 4) is 5.75 Å². The molecule has 0 saturated heterocycles. The zero-order valence-electron chi connectivity index (χ0n) is 11.3. The summed E-state index contributed by atoms with van der Waals surface area (Å²) in [6, 6.07) is 6.64. The van der Waals surface area contributed by atoms with E-state index >= 15 is 0 Å². The molecule has 1 heterocycles. The topological polar surface area (TPSA) is 107 Å². The van der Waals surface area contributed by atoms with E-state index in [1.54, 1.807) is 24.3 Å². The van der Waals surface area contributed by atoms with E-state index in [-0.39, 0.29) is 12.5 Å². The van der Waals surface area contributed by atoms with Crippen molar-refractivity contribution in [2.45, 2.75) is 13.3 Å². The predicted octanol–water partition coefficient (Wildman–Crippen LogP) is 1.22. The Bertz CT molecular complexity index is 639. The van der Waals surface area contributed by atoms with E-state index in [9.17, 15) is 9.59 Å². The number of carbonyl (C=O) groups is 2. The third-order valence-electron chi connectivity index (χ3n) is 2.59. The second-order valence-electron chi connectivity index (χ2n) is 4.14. The molecular formula is C13H14N4O3S. The van der Waals surface area contributed by atoms with Crippen LogP contribution in [-0.2, 0) is 11.2 Å². The van der Waals surface area contributed by atoms with Crippen LogP contribution in [0.15, 0.2) is 24.3 Å². The van der Waals surface area contributed by atoms with Crippen molar-refractivity contribution in [3.63, 3.8) is 0 Å². The minimum absolute atomic E-state index is 0.182. The molecule has 3 N–H and O–H groups in total. The average Bonchev–Trinajstić information content (AvgIpc) is 2.95. The van der Waals surface area contributed by atoms with Crippen molar-refractivity contribution >= 4 is 29.0 Å². The molecule has 0 bridgehead atoms. The van der Waals surface area contributed by atoms with Gasteiger partial charge in [0.15, 0.2) is 6.61 Å². The molecule has 0 spiro atoms. The molecule has 1 aromatic heterocycles. The van der Waals surface area contributed by atoms with E-state index in [4.69, 9.17) is 10.5 Å². The molecule has 8 heteroatoms. The Kier molecular flexibility index (Phi) is 4.83. The number of aryl methyl sites for hydroxylation is 1.